The van der Waals surface area contributed by atoms with Crippen LogP contribution in [0.1, 0.15) is 46.5 Å². The summed E-state index contributed by atoms with van der Waals surface area (Å²) < 4.78 is 0. The molecule has 0 saturated heterocycles. The van der Waals surface area contributed by atoms with Crippen molar-refractivity contribution < 1.29 is 14.7 Å². The van der Waals surface area contributed by atoms with Crippen molar-refractivity contribution in [2.45, 2.75) is 52.5 Å². The maximum absolute atomic E-state index is 11.4. The van der Waals surface area contributed by atoms with E-state index in [9.17, 15) is 9.59 Å². The van der Waals surface area contributed by atoms with Gasteiger partial charge in [-0.2, -0.15) is 0 Å². The van der Waals surface area contributed by atoms with Crippen molar-refractivity contribution in [2.75, 3.05) is 6.54 Å². The summed E-state index contributed by atoms with van der Waals surface area (Å²) in [5.74, 6) is -0.318. The molecular weight excluding hydrogens is 220 g/mol. The van der Waals surface area contributed by atoms with Gasteiger partial charge in [0.15, 0.2) is 0 Å². The van der Waals surface area contributed by atoms with Crippen molar-refractivity contribution >= 4 is 12.0 Å². The topological polar surface area (TPSA) is 78.4 Å². The third-order valence-electron chi connectivity index (χ3n) is 2.71. The number of carbonyl (C=O) groups is 2. The van der Waals surface area contributed by atoms with Crippen molar-refractivity contribution in [3.63, 3.8) is 0 Å². The molecule has 0 heterocycles. The minimum absolute atomic E-state index is 0.00582. The predicted molar refractivity (Wildman–Crippen MR) is 66.9 cm³/mol. The van der Waals surface area contributed by atoms with Crippen LogP contribution in [0.2, 0.25) is 0 Å². The van der Waals surface area contributed by atoms with Gasteiger partial charge in [-0.3, -0.25) is 4.79 Å². The lowest BCUT2D eigenvalue weighted by atomic mass is 10.1. The maximum Gasteiger partial charge on any atom is 0.315 e. The summed E-state index contributed by atoms with van der Waals surface area (Å²) in [6.07, 6.45) is 2.46. The summed E-state index contributed by atoms with van der Waals surface area (Å²) in [4.78, 5) is 21.7. The number of carbonyl (C=O) groups excluding carboxylic acids is 1. The minimum atomic E-state index is -0.793. The lowest BCUT2D eigenvalue weighted by Gasteiger charge is -2.15. The van der Waals surface area contributed by atoms with E-state index in [1.165, 1.54) is 0 Å². The molecule has 0 bridgehead atoms. The van der Waals surface area contributed by atoms with E-state index in [1.54, 1.807) is 0 Å². The Balaban J connectivity index is 3.62. The molecule has 3 N–H and O–H groups in total. The Kier molecular flexibility index (Phi) is 8.19. The summed E-state index contributed by atoms with van der Waals surface area (Å²) in [5.41, 5.74) is 0. The molecule has 0 aliphatic carbocycles. The van der Waals surface area contributed by atoms with E-state index in [4.69, 9.17) is 5.11 Å². The summed E-state index contributed by atoms with van der Waals surface area (Å²) in [7, 11) is 0. The Morgan fingerprint density at radius 1 is 1.29 bits per heavy atom. The predicted octanol–water partition coefficient (Wildman–Crippen LogP) is 1.98. The quantitative estimate of drug-likeness (QED) is 0.611. The zero-order valence-electron chi connectivity index (χ0n) is 11.0. The fourth-order valence-electron chi connectivity index (χ4n) is 1.32. The van der Waals surface area contributed by atoms with Crippen LogP contribution in [0.5, 0.6) is 0 Å². The zero-order valence-corrected chi connectivity index (χ0v) is 11.0. The van der Waals surface area contributed by atoms with Crippen molar-refractivity contribution in [3.05, 3.63) is 0 Å². The number of rotatable bonds is 8. The molecule has 0 radical (unpaired) electrons. The van der Waals surface area contributed by atoms with Crippen LogP contribution in [-0.2, 0) is 4.79 Å². The number of urea groups is 1. The number of amides is 2. The molecular formula is C12H24N2O3. The number of carboxylic acids is 1. The highest BCUT2D eigenvalue weighted by atomic mass is 16.4. The van der Waals surface area contributed by atoms with Gasteiger partial charge in [-0.1, -0.05) is 20.3 Å². The van der Waals surface area contributed by atoms with Gasteiger partial charge in [0, 0.05) is 19.0 Å². The standard InChI is InChI=1S/C12H24N2O3/c1-4-9(2)8-13-12(17)14-10(3)6-5-7-11(15)16/h9-10H,4-8H2,1-3H3,(H,15,16)(H2,13,14,17). The number of carboxylic acid groups (broad SMARTS) is 1. The van der Waals surface area contributed by atoms with Gasteiger partial charge in [-0.25, -0.2) is 4.79 Å². The molecule has 0 aromatic carbocycles. The number of nitrogens with one attached hydrogen (secondary N) is 2. The molecule has 0 spiro atoms. The first-order valence-corrected chi connectivity index (χ1v) is 6.21. The van der Waals surface area contributed by atoms with Crippen LogP contribution >= 0.6 is 0 Å². The first-order chi connectivity index (χ1) is 7.95. The summed E-state index contributed by atoms with van der Waals surface area (Å²) in [5, 5.41) is 14.1. The van der Waals surface area contributed by atoms with Gasteiger partial charge in [-0.15, -0.1) is 0 Å². The van der Waals surface area contributed by atoms with Crippen LogP contribution in [0.25, 0.3) is 0 Å². The number of hydrogen-bond donors (Lipinski definition) is 3. The van der Waals surface area contributed by atoms with Crippen LogP contribution in [0.15, 0.2) is 0 Å². The van der Waals surface area contributed by atoms with Crippen molar-refractivity contribution in [1.29, 1.82) is 0 Å². The normalized spacial score (nSPS) is 13.8. The molecule has 0 aromatic heterocycles. The molecule has 2 unspecified atom stereocenters. The molecule has 2 amide bonds. The van der Waals surface area contributed by atoms with Crippen LogP contribution < -0.4 is 10.6 Å². The van der Waals surface area contributed by atoms with Gasteiger partial charge in [0.05, 0.1) is 0 Å². The second kappa shape index (κ2) is 8.84. The number of aliphatic carboxylic acids is 1. The SMILES string of the molecule is CCC(C)CNC(=O)NC(C)CCCC(=O)O. The summed E-state index contributed by atoms with van der Waals surface area (Å²) in [6.45, 7) is 6.71. The second-order valence-corrected chi connectivity index (χ2v) is 4.55. The molecule has 5 heteroatoms. The Morgan fingerprint density at radius 2 is 1.94 bits per heavy atom. The molecule has 0 aliphatic heterocycles. The van der Waals surface area contributed by atoms with E-state index in [1.807, 2.05) is 6.92 Å². The van der Waals surface area contributed by atoms with Crippen LogP contribution in [0.3, 0.4) is 0 Å². The lowest BCUT2D eigenvalue weighted by Crippen LogP contribution is -2.42. The molecule has 0 saturated carbocycles. The summed E-state index contributed by atoms with van der Waals surface area (Å²) >= 11 is 0. The van der Waals surface area contributed by atoms with E-state index < -0.39 is 5.97 Å². The van der Waals surface area contributed by atoms with Gasteiger partial charge in [0.25, 0.3) is 0 Å². The van der Waals surface area contributed by atoms with Crippen LogP contribution in [0, 0.1) is 5.92 Å². The van der Waals surface area contributed by atoms with E-state index in [2.05, 4.69) is 24.5 Å². The molecule has 0 fully saturated rings. The third-order valence-corrected chi connectivity index (χ3v) is 2.71. The molecule has 0 aromatic rings. The van der Waals surface area contributed by atoms with Crippen LogP contribution in [0.4, 0.5) is 4.79 Å². The average molecular weight is 244 g/mol. The monoisotopic (exact) mass is 244 g/mol. The first-order valence-electron chi connectivity index (χ1n) is 6.21. The minimum Gasteiger partial charge on any atom is -0.481 e. The molecule has 17 heavy (non-hydrogen) atoms. The highest BCUT2D eigenvalue weighted by Crippen LogP contribution is 2.01. The van der Waals surface area contributed by atoms with Gasteiger partial charge in [0.1, 0.15) is 0 Å². The fourth-order valence-corrected chi connectivity index (χ4v) is 1.32. The second-order valence-electron chi connectivity index (χ2n) is 4.55. The van der Waals surface area contributed by atoms with E-state index in [0.717, 1.165) is 6.42 Å². The fraction of sp³-hybridized carbons (Fsp3) is 0.833. The Bertz CT molecular complexity index is 244. The Morgan fingerprint density at radius 3 is 2.47 bits per heavy atom. The van der Waals surface area contributed by atoms with Gasteiger partial charge in [-0.05, 0) is 25.7 Å². The molecule has 5 nitrogen and oxygen atoms in total. The first kappa shape index (κ1) is 15.7. The average Bonchev–Trinajstić information content (AvgIpc) is 2.25. The molecule has 0 aliphatic rings. The van der Waals surface area contributed by atoms with Gasteiger partial charge in [0.2, 0.25) is 0 Å². The largest absolute Gasteiger partial charge is 0.481 e. The van der Waals surface area contributed by atoms with Crippen LogP contribution in [-0.4, -0.2) is 29.7 Å². The van der Waals surface area contributed by atoms with E-state index >= 15 is 0 Å². The zero-order chi connectivity index (χ0) is 13.3. The lowest BCUT2D eigenvalue weighted by molar-refractivity contribution is -0.137. The highest BCUT2D eigenvalue weighted by Gasteiger charge is 2.08. The van der Waals surface area contributed by atoms with E-state index in [0.29, 0.717) is 25.3 Å². The maximum atomic E-state index is 11.4. The molecule has 2 atom stereocenters. The third kappa shape index (κ3) is 9.66. The smallest absolute Gasteiger partial charge is 0.315 e. The Hall–Kier alpha value is -1.26. The molecule has 100 valence electrons. The van der Waals surface area contributed by atoms with Gasteiger partial charge >= 0.3 is 12.0 Å². The molecule has 0 rings (SSSR count). The van der Waals surface area contributed by atoms with Gasteiger partial charge < -0.3 is 15.7 Å². The highest BCUT2D eigenvalue weighted by molar-refractivity contribution is 5.74. The summed E-state index contributed by atoms with van der Waals surface area (Å²) in [6, 6.07) is -0.167. The van der Waals surface area contributed by atoms with Crippen molar-refractivity contribution in [2.24, 2.45) is 5.92 Å². The van der Waals surface area contributed by atoms with Crippen molar-refractivity contribution in [1.82, 2.24) is 10.6 Å². The Labute approximate surface area is 103 Å². The number of hydrogen-bond acceptors (Lipinski definition) is 2. The van der Waals surface area contributed by atoms with E-state index in [-0.39, 0.29) is 18.5 Å². The van der Waals surface area contributed by atoms with Crippen molar-refractivity contribution in [3.8, 4) is 0 Å².